The summed E-state index contributed by atoms with van der Waals surface area (Å²) in [5, 5.41) is 12.6. The first-order valence-corrected chi connectivity index (χ1v) is 19.6. The van der Waals surface area contributed by atoms with Crippen molar-refractivity contribution in [3.8, 4) is 11.5 Å². The number of hydrogen-bond acceptors (Lipinski definition) is 16. The largest absolute Gasteiger partial charge is 0.462 e. The zero-order chi connectivity index (χ0) is 45.7. The summed E-state index contributed by atoms with van der Waals surface area (Å²) in [6.07, 6.45) is 3.52. The Balaban J connectivity index is 1.24. The average Bonchev–Trinajstić information content (AvgIpc) is 3.28. The summed E-state index contributed by atoms with van der Waals surface area (Å²) in [6.45, 7) is 9.84. The van der Waals surface area contributed by atoms with E-state index in [-0.39, 0.29) is 92.7 Å². The Morgan fingerprint density at radius 1 is 0.587 bits per heavy atom. The van der Waals surface area contributed by atoms with Crippen molar-refractivity contribution in [2.45, 2.75) is 52.2 Å². The number of aliphatic hydroxyl groups is 1. The van der Waals surface area contributed by atoms with E-state index in [1.165, 1.54) is 24.3 Å². The van der Waals surface area contributed by atoms with Crippen molar-refractivity contribution in [1.82, 2.24) is 0 Å². The lowest BCUT2D eigenvalue weighted by molar-refractivity contribution is -0.153. The van der Waals surface area contributed by atoms with Gasteiger partial charge in [0.2, 0.25) is 0 Å². The van der Waals surface area contributed by atoms with Crippen LogP contribution in [0.15, 0.2) is 122 Å². The zero-order valence-electron chi connectivity index (χ0n) is 34.7. The van der Waals surface area contributed by atoms with Gasteiger partial charge in [-0.2, -0.15) is 0 Å². The van der Waals surface area contributed by atoms with E-state index in [2.05, 4.69) is 13.2 Å². The Bertz CT molecular complexity index is 2410. The van der Waals surface area contributed by atoms with Gasteiger partial charge in [-0.1, -0.05) is 44.3 Å². The van der Waals surface area contributed by atoms with Gasteiger partial charge in [0, 0.05) is 18.9 Å². The van der Waals surface area contributed by atoms with E-state index in [0.717, 1.165) is 6.08 Å². The molecule has 1 unspecified atom stereocenters. The first kappa shape index (κ1) is 48.2. The Morgan fingerprint density at radius 2 is 1.10 bits per heavy atom. The van der Waals surface area contributed by atoms with Crippen LogP contribution in [0.5, 0.6) is 11.5 Å². The standard InChI is InChI=1S/C47H46O16/c1-5-37(63-47(55)36-12-10-34-29-39(17-14-32(34)27-36)62-45(53)21-19-43(51)59-25-23-57-41(49)7-3)15-8-30(4)60-46(54)35-11-9-33-28-38(16-13-31(33)26-35)61-44(52)20-18-42(50)58-24-22-56-40(48)6-2/h5,7-17,26-29,43,51H,1,3,6,18-25H2,2,4H3/b30-8+,37-15+. The number of ether oxygens (including phenoxy) is 8. The number of carbonyl (C=O) groups excluding carboxylic acids is 7. The van der Waals surface area contributed by atoms with Crippen molar-refractivity contribution in [2.75, 3.05) is 26.4 Å². The van der Waals surface area contributed by atoms with Gasteiger partial charge in [-0.05, 0) is 95.2 Å². The average molecular weight is 867 g/mol. The van der Waals surface area contributed by atoms with Crippen LogP contribution in [-0.4, -0.2) is 79.6 Å². The SMILES string of the molecule is C=CC(=O)OCCOC(O)CCC(=O)Oc1ccc2cc(C(=O)O/C(C=C)=C/C=C(\C)OC(=O)c3ccc4cc(OC(=O)CCC(=O)OCCOC(=O)CC)ccc4c3)ccc2c1. The zero-order valence-corrected chi connectivity index (χ0v) is 34.7. The Hall–Kier alpha value is -7.43. The van der Waals surface area contributed by atoms with E-state index in [9.17, 15) is 38.7 Å². The lowest BCUT2D eigenvalue weighted by Gasteiger charge is -2.12. The lowest BCUT2D eigenvalue weighted by Crippen LogP contribution is -2.19. The van der Waals surface area contributed by atoms with E-state index in [0.29, 0.717) is 21.5 Å². The van der Waals surface area contributed by atoms with Crippen molar-refractivity contribution in [2.24, 2.45) is 0 Å². The number of hydrogen-bond donors (Lipinski definition) is 1. The fourth-order valence-electron chi connectivity index (χ4n) is 5.34. The molecule has 16 heteroatoms. The third-order valence-electron chi connectivity index (χ3n) is 8.54. The number of fused-ring (bicyclic) bond motifs is 2. The first-order chi connectivity index (χ1) is 30.3. The van der Waals surface area contributed by atoms with Crippen LogP contribution in [-0.2, 0) is 52.4 Å². The topological polar surface area (TPSA) is 214 Å². The number of allylic oxidation sites excluding steroid dienone is 4. The number of benzene rings is 4. The molecule has 0 amide bonds. The van der Waals surface area contributed by atoms with Crippen LogP contribution in [0.3, 0.4) is 0 Å². The van der Waals surface area contributed by atoms with Gasteiger partial charge in [0.1, 0.15) is 42.8 Å². The number of esters is 7. The van der Waals surface area contributed by atoms with E-state index in [1.807, 2.05) is 0 Å². The minimum absolute atomic E-state index is 0.0394. The number of rotatable bonds is 23. The van der Waals surface area contributed by atoms with Crippen molar-refractivity contribution >= 4 is 63.3 Å². The minimum Gasteiger partial charge on any atom is -0.462 e. The van der Waals surface area contributed by atoms with Gasteiger partial charge in [0.15, 0.2) is 6.29 Å². The van der Waals surface area contributed by atoms with Gasteiger partial charge in [-0.15, -0.1) is 0 Å². The van der Waals surface area contributed by atoms with E-state index < -0.39 is 48.1 Å². The molecule has 0 saturated carbocycles. The molecule has 16 nitrogen and oxygen atoms in total. The van der Waals surface area contributed by atoms with E-state index >= 15 is 0 Å². The van der Waals surface area contributed by atoms with Crippen LogP contribution in [0, 0.1) is 0 Å². The van der Waals surface area contributed by atoms with E-state index in [4.69, 9.17) is 37.9 Å². The monoisotopic (exact) mass is 866 g/mol. The second kappa shape index (κ2) is 24.7. The first-order valence-electron chi connectivity index (χ1n) is 19.6. The summed E-state index contributed by atoms with van der Waals surface area (Å²) in [7, 11) is 0. The maximum absolute atomic E-state index is 13.0. The van der Waals surface area contributed by atoms with Crippen LogP contribution in [0.4, 0.5) is 0 Å². The van der Waals surface area contributed by atoms with Gasteiger partial charge in [0.25, 0.3) is 0 Å². The van der Waals surface area contributed by atoms with Gasteiger partial charge in [-0.25, -0.2) is 14.4 Å². The second-order valence-corrected chi connectivity index (χ2v) is 13.3. The molecule has 0 aliphatic rings. The molecule has 0 spiro atoms. The van der Waals surface area contributed by atoms with Gasteiger partial charge in [-0.3, -0.25) is 19.2 Å². The fourth-order valence-corrected chi connectivity index (χ4v) is 5.34. The molecule has 4 aromatic rings. The van der Waals surface area contributed by atoms with Crippen molar-refractivity contribution in [3.05, 3.63) is 133 Å². The van der Waals surface area contributed by atoms with Crippen molar-refractivity contribution in [1.29, 1.82) is 0 Å². The summed E-state index contributed by atoms with van der Waals surface area (Å²) >= 11 is 0. The molecule has 0 aliphatic carbocycles. The number of carbonyl (C=O) groups is 7. The molecule has 0 aliphatic heterocycles. The summed E-state index contributed by atoms with van der Waals surface area (Å²) < 4.78 is 41.3. The number of aliphatic hydroxyl groups excluding tert-OH is 1. The van der Waals surface area contributed by atoms with E-state index in [1.54, 1.807) is 80.6 Å². The maximum Gasteiger partial charge on any atom is 0.343 e. The highest BCUT2D eigenvalue weighted by Crippen LogP contribution is 2.25. The lowest BCUT2D eigenvalue weighted by atomic mass is 10.1. The van der Waals surface area contributed by atoms with Crippen LogP contribution in [0.25, 0.3) is 21.5 Å². The van der Waals surface area contributed by atoms with Crippen LogP contribution in [0.2, 0.25) is 0 Å². The van der Waals surface area contributed by atoms with Gasteiger partial charge in [0.05, 0.1) is 37.0 Å². The summed E-state index contributed by atoms with van der Waals surface area (Å²) in [5.74, 6) is -3.47. The Labute approximate surface area is 362 Å². The molecule has 1 N–H and O–H groups in total. The third kappa shape index (κ3) is 16.5. The van der Waals surface area contributed by atoms with Crippen molar-refractivity contribution in [3.63, 3.8) is 0 Å². The molecule has 0 radical (unpaired) electrons. The molecule has 4 aromatic carbocycles. The normalized spacial score (nSPS) is 11.8. The van der Waals surface area contributed by atoms with Crippen molar-refractivity contribution < 1.29 is 76.6 Å². The third-order valence-corrected chi connectivity index (χ3v) is 8.54. The molecule has 0 bridgehead atoms. The van der Waals surface area contributed by atoms with Crippen LogP contribution >= 0.6 is 0 Å². The molecule has 330 valence electrons. The summed E-state index contributed by atoms with van der Waals surface area (Å²) in [4.78, 5) is 84.7. The fraction of sp³-hybridized carbons (Fsp3) is 0.255. The molecular formula is C47H46O16. The predicted molar refractivity (Wildman–Crippen MR) is 226 cm³/mol. The summed E-state index contributed by atoms with van der Waals surface area (Å²) in [6, 6.07) is 19.3. The molecule has 0 saturated heterocycles. The van der Waals surface area contributed by atoms with Gasteiger partial charge >= 0.3 is 41.8 Å². The second-order valence-electron chi connectivity index (χ2n) is 13.3. The highest BCUT2D eigenvalue weighted by molar-refractivity contribution is 5.97. The minimum atomic E-state index is -1.26. The Morgan fingerprint density at radius 3 is 1.67 bits per heavy atom. The summed E-state index contributed by atoms with van der Waals surface area (Å²) in [5.41, 5.74) is 0.470. The highest BCUT2D eigenvalue weighted by atomic mass is 16.6. The highest BCUT2D eigenvalue weighted by Gasteiger charge is 2.15. The van der Waals surface area contributed by atoms with Gasteiger partial charge < -0.3 is 43.0 Å². The van der Waals surface area contributed by atoms with Crippen LogP contribution in [0.1, 0.15) is 66.7 Å². The maximum atomic E-state index is 13.0. The molecule has 1 atom stereocenters. The molecule has 0 heterocycles. The Kier molecular flexibility index (Phi) is 18.9. The molecule has 0 aromatic heterocycles. The molecule has 0 fully saturated rings. The quantitative estimate of drug-likeness (QED) is 0.0117. The predicted octanol–water partition coefficient (Wildman–Crippen LogP) is 6.91. The molecule has 63 heavy (non-hydrogen) atoms. The molecule has 4 rings (SSSR count). The molecular weight excluding hydrogens is 821 g/mol. The van der Waals surface area contributed by atoms with Crippen LogP contribution < -0.4 is 9.47 Å². The smallest absolute Gasteiger partial charge is 0.343 e.